The molecule has 0 saturated carbocycles. The smallest absolute Gasteiger partial charge is 0.255 e. The normalized spacial score (nSPS) is 19.3. The number of nitrogens with zero attached hydrogens (tertiary/aromatic N) is 3. The van der Waals surface area contributed by atoms with Gasteiger partial charge in [0.15, 0.2) is 0 Å². The number of aryl methyl sites for hydroxylation is 2. The van der Waals surface area contributed by atoms with Gasteiger partial charge in [0.25, 0.3) is 5.91 Å². The number of likely N-dealkylation sites (tertiary alicyclic amines) is 1. The average Bonchev–Trinajstić information content (AvgIpc) is 3.23. The van der Waals surface area contributed by atoms with Crippen molar-refractivity contribution in [1.29, 1.82) is 0 Å². The zero-order chi connectivity index (χ0) is 22.4. The summed E-state index contributed by atoms with van der Waals surface area (Å²) in [5, 5.41) is 7.36. The molecule has 3 heterocycles. The standard InChI is InChI=1S/C25H34N4O3/c1-28-18-20(17-27-28)9-10-23(30)29-14-12-25(13-15-29)11-5-2-6-16-32-22-8-4-3-7-21(22)24(31)26-19-25/h3-4,7-8,17-18H,2,5-6,9-16,19H2,1H3,(H,26,31). The molecule has 2 aromatic rings. The molecule has 0 aliphatic carbocycles. The van der Waals surface area contributed by atoms with Crippen molar-refractivity contribution in [3.05, 3.63) is 47.8 Å². The molecule has 7 heteroatoms. The summed E-state index contributed by atoms with van der Waals surface area (Å²) in [6.07, 6.45) is 11.2. The first-order chi connectivity index (χ1) is 15.5. The number of piperidine rings is 1. The first-order valence-electron chi connectivity index (χ1n) is 11.8. The van der Waals surface area contributed by atoms with E-state index in [2.05, 4.69) is 10.4 Å². The number of rotatable bonds is 3. The summed E-state index contributed by atoms with van der Waals surface area (Å²) >= 11 is 0. The van der Waals surface area contributed by atoms with E-state index in [0.29, 0.717) is 30.9 Å². The fourth-order valence-electron chi connectivity index (χ4n) is 4.86. The number of benzene rings is 1. The summed E-state index contributed by atoms with van der Waals surface area (Å²) in [6, 6.07) is 7.47. The van der Waals surface area contributed by atoms with Crippen LogP contribution in [-0.2, 0) is 18.3 Å². The largest absolute Gasteiger partial charge is 0.493 e. The first kappa shape index (κ1) is 22.4. The number of hydrogen-bond acceptors (Lipinski definition) is 4. The Bertz CT molecular complexity index is 931. The maximum absolute atomic E-state index is 12.9. The molecule has 32 heavy (non-hydrogen) atoms. The van der Waals surface area contributed by atoms with Gasteiger partial charge in [0.1, 0.15) is 5.75 Å². The van der Waals surface area contributed by atoms with Crippen LogP contribution in [0.15, 0.2) is 36.7 Å². The van der Waals surface area contributed by atoms with E-state index in [0.717, 1.165) is 63.6 Å². The van der Waals surface area contributed by atoms with E-state index in [1.165, 1.54) is 0 Å². The maximum atomic E-state index is 12.9. The van der Waals surface area contributed by atoms with Crippen LogP contribution in [-0.4, -0.2) is 52.7 Å². The number of carbonyl (C=O) groups excluding carboxylic acids is 2. The maximum Gasteiger partial charge on any atom is 0.255 e. The lowest BCUT2D eigenvalue weighted by atomic mass is 9.74. The molecule has 7 nitrogen and oxygen atoms in total. The Kier molecular flexibility index (Phi) is 7.12. The Labute approximate surface area is 190 Å². The van der Waals surface area contributed by atoms with E-state index < -0.39 is 0 Å². The third-order valence-corrected chi connectivity index (χ3v) is 6.93. The molecule has 0 atom stereocenters. The van der Waals surface area contributed by atoms with Gasteiger partial charge in [-0.2, -0.15) is 5.10 Å². The minimum atomic E-state index is -0.0736. The number of amides is 2. The fourth-order valence-corrected chi connectivity index (χ4v) is 4.86. The molecule has 2 aliphatic rings. The highest BCUT2D eigenvalue weighted by molar-refractivity contribution is 5.96. The molecular weight excluding hydrogens is 404 g/mol. The van der Waals surface area contributed by atoms with Crippen LogP contribution in [0.3, 0.4) is 0 Å². The molecule has 4 rings (SSSR count). The zero-order valence-corrected chi connectivity index (χ0v) is 19.0. The van der Waals surface area contributed by atoms with E-state index in [9.17, 15) is 9.59 Å². The van der Waals surface area contributed by atoms with Crippen molar-refractivity contribution in [2.75, 3.05) is 26.2 Å². The molecule has 1 N–H and O–H groups in total. The van der Waals surface area contributed by atoms with Crippen molar-refractivity contribution in [2.45, 2.75) is 51.4 Å². The number of ether oxygens (including phenoxy) is 1. The molecule has 1 spiro atoms. The van der Waals surface area contributed by atoms with Gasteiger partial charge in [-0.05, 0) is 55.2 Å². The van der Waals surface area contributed by atoms with Crippen LogP contribution in [0.1, 0.15) is 60.9 Å². The number of aromatic nitrogens is 2. The summed E-state index contributed by atoms with van der Waals surface area (Å²) in [4.78, 5) is 27.6. The predicted octanol–water partition coefficient (Wildman–Crippen LogP) is 3.34. The van der Waals surface area contributed by atoms with Crippen LogP contribution >= 0.6 is 0 Å². The fraction of sp³-hybridized carbons (Fsp3) is 0.560. The summed E-state index contributed by atoms with van der Waals surface area (Å²) in [5.41, 5.74) is 1.76. The second-order valence-electron chi connectivity index (χ2n) is 9.24. The summed E-state index contributed by atoms with van der Waals surface area (Å²) in [6.45, 7) is 2.82. The van der Waals surface area contributed by atoms with Crippen LogP contribution < -0.4 is 10.1 Å². The topological polar surface area (TPSA) is 76.5 Å². The zero-order valence-electron chi connectivity index (χ0n) is 19.0. The van der Waals surface area contributed by atoms with Crippen molar-refractivity contribution in [1.82, 2.24) is 20.0 Å². The lowest BCUT2D eigenvalue weighted by Gasteiger charge is -2.42. The predicted molar refractivity (Wildman–Crippen MR) is 123 cm³/mol. The number of para-hydroxylation sites is 1. The van der Waals surface area contributed by atoms with Gasteiger partial charge in [0, 0.05) is 39.3 Å². The van der Waals surface area contributed by atoms with Crippen LogP contribution in [0.2, 0.25) is 0 Å². The molecule has 0 unspecified atom stereocenters. The molecule has 1 aromatic carbocycles. The minimum absolute atomic E-state index is 0.0603. The Morgan fingerprint density at radius 1 is 1.16 bits per heavy atom. The van der Waals surface area contributed by atoms with Gasteiger partial charge in [-0.3, -0.25) is 14.3 Å². The third-order valence-electron chi connectivity index (χ3n) is 6.93. The van der Waals surface area contributed by atoms with Gasteiger partial charge < -0.3 is 15.0 Å². The Balaban J connectivity index is 1.35. The van der Waals surface area contributed by atoms with E-state index >= 15 is 0 Å². The summed E-state index contributed by atoms with van der Waals surface area (Å²) in [7, 11) is 1.89. The van der Waals surface area contributed by atoms with Gasteiger partial charge in [-0.25, -0.2) is 0 Å². The molecule has 2 aliphatic heterocycles. The van der Waals surface area contributed by atoms with Crippen LogP contribution in [0, 0.1) is 5.41 Å². The van der Waals surface area contributed by atoms with Crippen molar-refractivity contribution in [3.8, 4) is 5.75 Å². The lowest BCUT2D eigenvalue weighted by Crippen LogP contribution is -2.48. The summed E-state index contributed by atoms with van der Waals surface area (Å²) < 4.78 is 7.62. The molecule has 0 radical (unpaired) electrons. The van der Waals surface area contributed by atoms with E-state index in [1.54, 1.807) is 4.68 Å². The second-order valence-corrected chi connectivity index (χ2v) is 9.24. The SMILES string of the molecule is Cn1cc(CCC(=O)N2CCC3(CCCCCOc4ccccc4C(=O)NC3)CC2)cn1. The van der Waals surface area contributed by atoms with E-state index in [4.69, 9.17) is 4.74 Å². The van der Waals surface area contributed by atoms with Crippen LogP contribution in [0.5, 0.6) is 5.75 Å². The van der Waals surface area contributed by atoms with Gasteiger partial charge in [-0.15, -0.1) is 0 Å². The molecule has 172 valence electrons. The van der Waals surface area contributed by atoms with Gasteiger partial charge in [0.2, 0.25) is 5.91 Å². The molecular formula is C25H34N4O3. The quantitative estimate of drug-likeness (QED) is 0.797. The van der Waals surface area contributed by atoms with Crippen molar-refractivity contribution in [2.24, 2.45) is 12.5 Å². The highest BCUT2D eigenvalue weighted by atomic mass is 16.5. The number of hydrogen-bond donors (Lipinski definition) is 1. The van der Waals surface area contributed by atoms with Crippen LogP contribution in [0.4, 0.5) is 0 Å². The lowest BCUT2D eigenvalue weighted by molar-refractivity contribution is -0.133. The van der Waals surface area contributed by atoms with E-state index in [-0.39, 0.29) is 17.2 Å². The van der Waals surface area contributed by atoms with Gasteiger partial charge in [0.05, 0.1) is 18.4 Å². The monoisotopic (exact) mass is 438 g/mol. The molecule has 1 saturated heterocycles. The molecule has 0 bridgehead atoms. The third kappa shape index (κ3) is 5.50. The Morgan fingerprint density at radius 3 is 2.75 bits per heavy atom. The van der Waals surface area contributed by atoms with E-state index in [1.807, 2.05) is 48.6 Å². The summed E-state index contributed by atoms with van der Waals surface area (Å²) in [5.74, 6) is 0.802. The number of fused-ring (bicyclic) bond motifs is 1. The second kappa shape index (κ2) is 10.2. The van der Waals surface area contributed by atoms with Gasteiger partial charge >= 0.3 is 0 Å². The highest BCUT2D eigenvalue weighted by Gasteiger charge is 2.36. The number of carbonyl (C=O) groups is 2. The van der Waals surface area contributed by atoms with Crippen molar-refractivity contribution in [3.63, 3.8) is 0 Å². The minimum Gasteiger partial charge on any atom is -0.493 e. The Hall–Kier alpha value is -2.83. The first-order valence-corrected chi connectivity index (χ1v) is 11.8. The van der Waals surface area contributed by atoms with Crippen molar-refractivity contribution < 1.29 is 14.3 Å². The van der Waals surface area contributed by atoms with Crippen LogP contribution in [0.25, 0.3) is 0 Å². The van der Waals surface area contributed by atoms with Crippen molar-refractivity contribution >= 4 is 11.8 Å². The Morgan fingerprint density at radius 2 is 1.97 bits per heavy atom. The molecule has 2 amide bonds. The van der Waals surface area contributed by atoms with Gasteiger partial charge in [-0.1, -0.05) is 25.0 Å². The number of nitrogens with one attached hydrogen (secondary N) is 1. The average molecular weight is 439 g/mol. The molecule has 1 aromatic heterocycles. The highest BCUT2D eigenvalue weighted by Crippen LogP contribution is 2.37. The molecule has 1 fully saturated rings.